The van der Waals surface area contributed by atoms with Crippen LogP contribution in [0.4, 0.5) is 5.69 Å². The van der Waals surface area contributed by atoms with Gasteiger partial charge in [-0.05, 0) is 74.4 Å². The number of amides is 2. The van der Waals surface area contributed by atoms with E-state index < -0.39 is 28.5 Å². The van der Waals surface area contributed by atoms with E-state index in [0.717, 1.165) is 14.3 Å². The summed E-state index contributed by atoms with van der Waals surface area (Å²) in [6.07, 6.45) is 0.345. The Bertz CT molecular complexity index is 1370. The second-order valence-electron chi connectivity index (χ2n) is 9.26. The van der Waals surface area contributed by atoms with Gasteiger partial charge in [-0.15, -0.1) is 0 Å². The number of rotatable bonds is 12. The minimum atomic E-state index is -4.10. The number of carbonyl (C=O) groups is 2. The Morgan fingerprint density at radius 1 is 0.974 bits per heavy atom. The van der Waals surface area contributed by atoms with Crippen molar-refractivity contribution >= 4 is 43.5 Å². The molecule has 39 heavy (non-hydrogen) atoms. The molecule has 2 amide bonds. The second-order valence-corrected chi connectivity index (χ2v) is 12.0. The fourth-order valence-corrected chi connectivity index (χ4v) is 5.82. The first-order valence-electron chi connectivity index (χ1n) is 12.6. The lowest BCUT2D eigenvalue weighted by Gasteiger charge is -2.33. The molecular weight excluding hydrogens is 582 g/mol. The molecule has 3 aromatic rings. The number of ether oxygens (including phenoxy) is 1. The number of carbonyl (C=O) groups excluding carboxylic acids is 2. The number of sulfonamides is 1. The van der Waals surface area contributed by atoms with E-state index in [1.165, 1.54) is 17.0 Å². The lowest BCUT2D eigenvalue weighted by atomic mass is 10.1. The van der Waals surface area contributed by atoms with E-state index in [1.54, 1.807) is 67.8 Å². The molecular formula is C29H34BrN3O5S. The summed E-state index contributed by atoms with van der Waals surface area (Å²) >= 11 is 3.38. The van der Waals surface area contributed by atoms with Gasteiger partial charge in [-0.25, -0.2) is 8.42 Å². The minimum absolute atomic E-state index is 0.0599. The van der Waals surface area contributed by atoms with Crippen LogP contribution in [0.2, 0.25) is 0 Å². The van der Waals surface area contributed by atoms with Gasteiger partial charge in [0, 0.05) is 17.1 Å². The van der Waals surface area contributed by atoms with E-state index >= 15 is 0 Å². The van der Waals surface area contributed by atoms with E-state index in [1.807, 2.05) is 26.8 Å². The SMILES string of the molecule is CC[C@@H](C(=O)NC(C)C)N(Cc1cccc(OC)c1)C(=O)CN(c1ccc(Br)cc1)S(=O)(=O)c1ccccc1. The summed E-state index contributed by atoms with van der Waals surface area (Å²) in [6.45, 7) is 5.12. The lowest BCUT2D eigenvalue weighted by Crippen LogP contribution is -2.53. The average Bonchev–Trinajstić information content (AvgIpc) is 2.92. The van der Waals surface area contributed by atoms with Crippen LogP contribution in [0.3, 0.4) is 0 Å². The summed E-state index contributed by atoms with van der Waals surface area (Å²) in [6, 6.07) is 21.0. The van der Waals surface area contributed by atoms with Gasteiger partial charge in [-0.1, -0.05) is 53.2 Å². The van der Waals surface area contributed by atoms with Crippen molar-refractivity contribution in [2.75, 3.05) is 18.0 Å². The van der Waals surface area contributed by atoms with Crippen molar-refractivity contribution in [3.63, 3.8) is 0 Å². The van der Waals surface area contributed by atoms with Crippen LogP contribution in [0.5, 0.6) is 5.75 Å². The Hall–Kier alpha value is -3.37. The summed E-state index contributed by atoms with van der Waals surface area (Å²) in [5.74, 6) is -0.196. The molecule has 3 rings (SSSR count). The number of benzene rings is 3. The van der Waals surface area contributed by atoms with Crippen molar-refractivity contribution < 1.29 is 22.7 Å². The molecule has 0 unspecified atom stereocenters. The first kappa shape index (κ1) is 30.2. The number of methoxy groups -OCH3 is 1. The molecule has 208 valence electrons. The molecule has 0 saturated carbocycles. The maximum Gasteiger partial charge on any atom is 0.264 e. The van der Waals surface area contributed by atoms with Crippen LogP contribution in [0.25, 0.3) is 0 Å². The number of hydrogen-bond acceptors (Lipinski definition) is 5. The zero-order valence-corrected chi connectivity index (χ0v) is 24.9. The van der Waals surface area contributed by atoms with Gasteiger partial charge < -0.3 is 15.0 Å². The Labute approximate surface area is 239 Å². The van der Waals surface area contributed by atoms with Gasteiger partial charge in [0.25, 0.3) is 10.0 Å². The first-order chi connectivity index (χ1) is 18.6. The highest BCUT2D eigenvalue weighted by Crippen LogP contribution is 2.26. The third-order valence-corrected chi connectivity index (χ3v) is 8.35. The van der Waals surface area contributed by atoms with Crippen LogP contribution in [-0.4, -0.2) is 50.9 Å². The predicted octanol–water partition coefficient (Wildman–Crippen LogP) is 4.99. The van der Waals surface area contributed by atoms with Crippen LogP contribution in [0.15, 0.2) is 88.2 Å². The number of halogens is 1. The third kappa shape index (κ3) is 7.83. The Morgan fingerprint density at radius 3 is 2.23 bits per heavy atom. The topological polar surface area (TPSA) is 96.0 Å². The highest BCUT2D eigenvalue weighted by atomic mass is 79.9. The number of nitrogens with zero attached hydrogens (tertiary/aromatic N) is 2. The van der Waals surface area contributed by atoms with E-state index in [9.17, 15) is 18.0 Å². The van der Waals surface area contributed by atoms with Crippen LogP contribution in [0, 0.1) is 0 Å². The largest absolute Gasteiger partial charge is 0.497 e. The molecule has 0 aliphatic rings. The summed E-state index contributed by atoms with van der Waals surface area (Å²) in [5, 5.41) is 2.89. The van der Waals surface area contributed by atoms with E-state index in [0.29, 0.717) is 17.9 Å². The zero-order valence-electron chi connectivity index (χ0n) is 22.5. The molecule has 0 fully saturated rings. The maximum atomic E-state index is 14.0. The molecule has 0 heterocycles. The third-order valence-electron chi connectivity index (χ3n) is 6.03. The predicted molar refractivity (Wildman–Crippen MR) is 156 cm³/mol. The summed E-state index contributed by atoms with van der Waals surface area (Å²) in [4.78, 5) is 28.7. The Balaban J connectivity index is 2.05. The summed E-state index contributed by atoms with van der Waals surface area (Å²) < 4.78 is 34.8. The molecule has 0 saturated heterocycles. The molecule has 0 spiro atoms. The van der Waals surface area contributed by atoms with Crippen LogP contribution in [0.1, 0.15) is 32.8 Å². The van der Waals surface area contributed by atoms with Crippen molar-refractivity contribution in [1.29, 1.82) is 0 Å². The monoisotopic (exact) mass is 615 g/mol. The molecule has 0 radical (unpaired) electrons. The second kappa shape index (κ2) is 13.6. The van der Waals surface area contributed by atoms with E-state index in [4.69, 9.17) is 4.74 Å². The fraction of sp³-hybridized carbons (Fsp3) is 0.310. The molecule has 0 aliphatic carbocycles. The highest BCUT2D eigenvalue weighted by molar-refractivity contribution is 9.10. The lowest BCUT2D eigenvalue weighted by molar-refractivity contribution is -0.140. The number of anilines is 1. The van der Waals surface area contributed by atoms with E-state index in [-0.39, 0.29) is 23.4 Å². The summed E-state index contributed by atoms with van der Waals surface area (Å²) in [5.41, 5.74) is 1.08. The number of nitrogens with one attached hydrogen (secondary N) is 1. The van der Waals surface area contributed by atoms with Crippen LogP contribution in [-0.2, 0) is 26.2 Å². The quantitative estimate of drug-likeness (QED) is 0.310. The smallest absolute Gasteiger partial charge is 0.264 e. The molecule has 3 aromatic carbocycles. The van der Waals surface area contributed by atoms with Crippen molar-refractivity contribution in [3.8, 4) is 5.75 Å². The molecule has 0 aliphatic heterocycles. The summed E-state index contributed by atoms with van der Waals surface area (Å²) in [7, 11) is -2.55. The minimum Gasteiger partial charge on any atom is -0.497 e. The first-order valence-corrected chi connectivity index (χ1v) is 14.9. The molecule has 10 heteroatoms. The average molecular weight is 617 g/mol. The molecule has 8 nitrogen and oxygen atoms in total. The van der Waals surface area contributed by atoms with E-state index in [2.05, 4.69) is 21.2 Å². The standard InChI is InChI=1S/C29H34BrN3O5S/c1-5-27(29(35)31-21(2)3)32(19-22-10-9-11-25(18-22)38-4)28(34)20-33(24-16-14-23(30)15-17-24)39(36,37)26-12-7-6-8-13-26/h6-18,21,27H,5,19-20H2,1-4H3,(H,31,35)/t27-/m0/s1. The van der Waals surface area contributed by atoms with Gasteiger partial charge >= 0.3 is 0 Å². The van der Waals surface area contributed by atoms with Gasteiger partial charge in [0.05, 0.1) is 17.7 Å². The van der Waals surface area contributed by atoms with Gasteiger partial charge in [0.1, 0.15) is 18.3 Å². The normalized spacial score (nSPS) is 12.1. The van der Waals surface area contributed by atoms with Gasteiger partial charge in [0.15, 0.2) is 0 Å². The molecule has 1 atom stereocenters. The van der Waals surface area contributed by atoms with Crippen LogP contribution >= 0.6 is 15.9 Å². The zero-order chi connectivity index (χ0) is 28.6. The molecule has 0 bridgehead atoms. The van der Waals surface area contributed by atoms with Crippen molar-refractivity contribution in [2.45, 2.75) is 50.7 Å². The maximum absolute atomic E-state index is 14.0. The van der Waals surface area contributed by atoms with Crippen molar-refractivity contribution in [3.05, 3.63) is 88.9 Å². The molecule has 0 aromatic heterocycles. The van der Waals surface area contributed by atoms with Crippen molar-refractivity contribution in [2.24, 2.45) is 0 Å². The Kier molecular flexibility index (Phi) is 10.5. The fourth-order valence-electron chi connectivity index (χ4n) is 4.12. The Morgan fingerprint density at radius 2 is 1.64 bits per heavy atom. The molecule has 1 N–H and O–H groups in total. The van der Waals surface area contributed by atoms with Gasteiger partial charge in [-0.2, -0.15) is 0 Å². The van der Waals surface area contributed by atoms with Crippen LogP contribution < -0.4 is 14.4 Å². The highest BCUT2D eigenvalue weighted by Gasteiger charge is 2.33. The van der Waals surface area contributed by atoms with Gasteiger partial charge in [-0.3, -0.25) is 13.9 Å². The number of hydrogen-bond donors (Lipinski definition) is 1. The van der Waals surface area contributed by atoms with Gasteiger partial charge in [0.2, 0.25) is 11.8 Å². The van der Waals surface area contributed by atoms with Crippen molar-refractivity contribution in [1.82, 2.24) is 10.2 Å².